The van der Waals surface area contributed by atoms with Crippen LogP contribution in [0.5, 0.6) is 10.9 Å². The van der Waals surface area contributed by atoms with Gasteiger partial charge in [0.25, 0.3) is 5.19 Å². The van der Waals surface area contributed by atoms with Gasteiger partial charge < -0.3 is 4.74 Å². The molecule has 0 amide bonds. The van der Waals surface area contributed by atoms with E-state index in [1.807, 2.05) is 0 Å². The first kappa shape index (κ1) is 12.7. The molecular formula is C9H4BrClF2N2OS. The number of halogens is 4. The molecule has 0 aliphatic rings. The Balaban J connectivity index is 2.29. The average Bonchev–Trinajstić information content (AvgIpc) is 2.73. The van der Waals surface area contributed by atoms with Crippen LogP contribution in [-0.2, 0) is 5.88 Å². The molecule has 2 rings (SSSR count). The maximum Gasteiger partial charge on any atom is 0.299 e. The lowest BCUT2D eigenvalue weighted by molar-refractivity contribution is 0.411. The summed E-state index contributed by atoms with van der Waals surface area (Å²) in [6.07, 6.45) is 0. The van der Waals surface area contributed by atoms with Crippen molar-refractivity contribution in [2.24, 2.45) is 0 Å². The lowest BCUT2D eigenvalue weighted by Gasteiger charge is -2.03. The SMILES string of the molecule is Fc1cc(Br)cc(Oc2nnc(CCl)s2)c1F. The molecule has 0 bridgehead atoms. The molecule has 0 atom stereocenters. The Hall–Kier alpha value is -0.790. The molecule has 0 radical (unpaired) electrons. The molecule has 90 valence electrons. The molecule has 0 spiro atoms. The van der Waals surface area contributed by atoms with Crippen LogP contribution in [0.3, 0.4) is 0 Å². The van der Waals surface area contributed by atoms with Crippen molar-refractivity contribution in [1.29, 1.82) is 0 Å². The summed E-state index contributed by atoms with van der Waals surface area (Å²) in [5.74, 6) is -2.14. The van der Waals surface area contributed by atoms with Gasteiger partial charge in [-0.3, -0.25) is 0 Å². The van der Waals surface area contributed by atoms with Gasteiger partial charge in [0.2, 0.25) is 5.82 Å². The third kappa shape index (κ3) is 2.91. The summed E-state index contributed by atoms with van der Waals surface area (Å²) in [6.45, 7) is 0. The van der Waals surface area contributed by atoms with E-state index in [2.05, 4.69) is 26.1 Å². The monoisotopic (exact) mass is 340 g/mol. The van der Waals surface area contributed by atoms with Crippen molar-refractivity contribution >= 4 is 38.9 Å². The zero-order chi connectivity index (χ0) is 12.4. The molecule has 3 nitrogen and oxygen atoms in total. The van der Waals surface area contributed by atoms with Crippen molar-refractivity contribution in [1.82, 2.24) is 10.2 Å². The van der Waals surface area contributed by atoms with Gasteiger partial charge in [-0.25, -0.2) is 4.39 Å². The second-order valence-corrected chi connectivity index (χ2v) is 5.10. The number of aromatic nitrogens is 2. The first-order valence-electron chi connectivity index (χ1n) is 4.31. The van der Waals surface area contributed by atoms with Crippen molar-refractivity contribution in [3.8, 4) is 10.9 Å². The molecule has 0 aliphatic heterocycles. The summed E-state index contributed by atoms with van der Waals surface area (Å²) in [7, 11) is 0. The van der Waals surface area contributed by atoms with Gasteiger partial charge in [-0.15, -0.1) is 16.7 Å². The molecule has 2 aromatic rings. The van der Waals surface area contributed by atoms with Crippen LogP contribution in [0.15, 0.2) is 16.6 Å². The molecule has 1 aromatic carbocycles. The lowest BCUT2D eigenvalue weighted by Crippen LogP contribution is -1.92. The number of alkyl halides is 1. The first-order valence-corrected chi connectivity index (χ1v) is 6.45. The number of hydrogen-bond donors (Lipinski definition) is 0. The zero-order valence-corrected chi connectivity index (χ0v) is 11.2. The normalized spacial score (nSPS) is 10.6. The molecule has 8 heteroatoms. The molecule has 0 fully saturated rings. The fraction of sp³-hybridized carbons (Fsp3) is 0.111. The summed E-state index contributed by atoms with van der Waals surface area (Å²) in [6, 6.07) is 2.31. The Kier molecular flexibility index (Phi) is 3.90. The molecule has 1 aromatic heterocycles. The Labute approximate surface area is 113 Å². The van der Waals surface area contributed by atoms with Crippen molar-refractivity contribution in [2.75, 3.05) is 0 Å². The minimum Gasteiger partial charge on any atom is -0.426 e. The van der Waals surface area contributed by atoms with Crippen LogP contribution in [0.4, 0.5) is 8.78 Å². The van der Waals surface area contributed by atoms with E-state index >= 15 is 0 Å². The van der Waals surface area contributed by atoms with Gasteiger partial charge in [0.05, 0.1) is 5.88 Å². The summed E-state index contributed by atoms with van der Waals surface area (Å²) in [5, 5.41) is 7.98. The number of benzene rings is 1. The third-order valence-electron chi connectivity index (χ3n) is 1.72. The van der Waals surface area contributed by atoms with Crippen molar-refractivity contribution in [3.05, 3.63) is 33.2 Å². The van der Waals surface area contributed by atoms with Gasteiger partial charge in [-0.1, -0.05) is 32.4 Å². The third-order valence-corrected chi connectivity index (χ3v) is 3.39. The maximum atomic E-state index is 13.4. The Bertz CT molecular complexity index is 552. The number of rotatable bonds is 3. The Morgan fingerprint density at radius 3 is 2.76 bits per heavy atom. The Morgan fingerprint density at radius 1 is 1.35 bits per heavy atom. The fourth-order valence-corrected chi connectivity index (χ4v) is 2.21. The van der Waals surface area contributed by atoms with E-state index in [0.29, 0.717) is 9.48 Å². The van der Waals surface area contributed by atoms with E-state index in [4.69, 9.17) is 16.3 Å². The van der Waals surface area contributed by atoms with Gasteiger partial charge in [-0.05, 0) is 12.1 Å². The molecule has 0 aliphatic carbocycles. The fourth-order valence-electron chi connectivity index (χ4n) is 1.03. The summed E-state index contributed by atoms with van der Waals surface area (Å²) in [5.41, 5.74) is 0. The van der Waals surface area contributed by atoms with E-state index < -0.39 is 11.6 Å². The molecule has 0 unspecified atom stereocenters. The first-order chi connectivity index (χ1) is 8.10. The van der Waals surface area contributed by atoms with Crippen LogP contribution in [0.2, 0.25) is 0 Å². The van der Waals surface area contributed by atoms with E-state index in [-0.39, 0.29) is 16.8 Å². The zero-order valence-electron chi connectivity index (χ0n) is 8.08. The van der Waals surface area contributed by atoms with Crippen molar-refractivity contribution in [3.63, 3.8) is 0 Å². The van der Waals surface area contributed by atoms with Gasteiger partial charge >= 0.3 is 0 Å². The van der Waals surface area contributed by atoms with Gasteiger partial charge in [0.15, 0.2) is 11.6 Å². The van der Waals surface area contributed by atoms with Crippen LogP contribution in [-0.4, -0.2) is 10.2 Å². The number of nitrogens with zero attached hydrogens (tertiary/aromatic N) is 2. The molecule has 0 saturated heterocycles. The van der Waals surface area contributed by atoms with Gasteiger partial charge in [0, 0.05) is 4.47 Å². The molecule has 1 heterocycles. The predicted octanol–water partition coefficient (Wildman–Crippen LogP) is 4.11. The average molecular weight is 342 g/mol. The van der Waals surface area contributed by atoms with Crippen molar-refractivity contribution in [2.45, 2.75) is 5.88 Å². The molecular weight excluding hydrogens is 338 g/mol. The highest BCUT2D eigenvalue weighted by Gasteiger charge is 2.14. The van der Waals surface area contributed by atoms with E-state index in [1.165, 1.54) is 6.07 Å². The lowest BCUT2D eigenvalue weighted by atomic mass is 10.3. The van der Waals surface area contributed by atoms with Gasteiger partial charge in [-0.2, -0.15) is 4.39 Å². The second-order valence-electron chi connectivity index (χ2n) is 2.90. The van der Waals surface area contributed by atoms with Crippen LogP contribution in [0.1, 0.15) is 5.01 Å². The minimum atomic E-state index is -1.07. The highest BCUT2D eigenvalue weighted by atomic mass is 79.9. The standard InChI is InChI=1S/C9H4BrClF2N2OS/c10-4-1-5(12)8(13)6(2-4)16-9-15-14-7(3-11)17-9/h1-2H,3H2. The van der Waals surface area contributed by atoms with E-state index in [1.54, 1.807) is 0 Å². The predicted molar refractivity (Wildman–Crippen MR) is 63.6 cm³/mol. The van der Waals surface area contributed by atoms with E-state index in [0.717, 1.165) is 17.4 Å². The minimum absolute atomic E-state index is 0.108. The quantitative estimate of drug-likeness (QED) is 0.622. The summed E-state index contributed by atoms with van der Waals surface area (Å²) >= 11 is 9.64. The highest BCUT2D eigenvalue weighted by molar-refractivity contribution is 9.10. The maximum absolute atomic E-state index is 13.4. The molecule has 0 N–H and O–H groups in total. The Morgan fingerprint density at radius 2 is 2.12 bits per heavy atom. The van der Waals surface area contributed by atoms with Crippen molar-refractivity contribution < 1.29 is 13.5 Å². The summed E-state index contributed by atoms with van der Waals surface area (Å²) in [4.78, 5) is 0. The molecule has 0 saturated carbocycles. The van der Waals surface area contributed by atoms with Crippen LogP contribution >= 0.6 is 38.9 Å². The topological polar surface area (TPSA) is 35.0 Å². The van der Waals surface area contributed by atoms with E-state index in [9.17, 15) is 8.78 Å². The number of hydrogen-bond acceptors (Lipinski definition) is 4. The second kappa shape index (κ2) is 5.24. The van der Waals surface area contributed by atoms with Gasteiger partial charge in [0.1, 0.15) is 5.01 Å². The molecule has 17 heavy (non-hydrogen) atoms. The van der Waals surface area contributed by atoms with Crippen LogP contribution in [0.25, 0.3) is 0 Å². The smallest absolute Gasteiger partial charge is 0.299 e. The summed E-state index contributed by atoms with van der Waals surface area (Å²) < 4.78 is 31.9. The van der Waals surface area contributed by atoms with Crippen LogP contribution in [0, 0.1) is 11.6 Å². The number of ether oxygens (including phenoxy) is 1. The van der Waals surface area contributed by atoms with Crippen LogP contribution < -0.4 is 4.74 Å². The highest BCUT2D eigenvalue weighted by Crippen LogP contribution is 2.31. The largest absolute Gasteiger partial charge is 0.426 e.